The number of rotatable bonds is 5. The van der Waals surface area contributed by atoms with Crippen LogP contribution in [0.25, 0.3) is 11.3 Å². The second kappa shape index (κ2) is 8.80. The summed E-state index contributed by atoms with van der Waals surface area (Å²) < 4.78 is 7.14. The van der Waals surface area contributed by atoms with Crippen LogP contribution in [0.1, 0.15) is 16.9 Å². The van der Waals surface area contributed by atoms with Gasteiger partial charge < -0.3 is 14.5 Å². The minimum absolute atomic E-state index is 0.0560. The van der Waals surface area contributed by atoms with Gasteiger partial charge in [-0.3, -0.25) is 9.48 Å². The van der Waals surface area contributed by atoms with Crippen molar-refractivity contribution in [2.45, 2.75) is 12.5 Å². The maximum atomic E-state index is 13.4. The van der Waals surface area contributed by atoms with Crippen LogP contribution in [0.3, 0.4) is 0 Å². The maximum absolute atomic E-state index is 13.4. The number of likely N-dealkylation sites (N-methyl/N-ethyl adjacent to an activating group) is 1. The molecule has 0 spiro atoms. The maximum Gasteiger partial charge on any atom is 0.272 e. The molecule has 1 atom stereocenters. The summed E-state index contributed by atoms with van der Waals surface area (Å²) >= 11 is 1.93. The van der Waals surface area contributed by atoms with E-state index in [-0.39, 0.29) is 11.9 Å². The molecule has 3 rings (SSSR count). The predicted octanol–water partition coefficient (Wildman–Crippen LogP) is 2.61. The number of ether oxygens (including phenoxy) is 1. The smallest absolute Gasteiger partial charge is 0.272 e. The zero-order valence-corrected chi connectivity index (χ0v) is 17.3. The number of carbonyl (C=O) groups excluding carboxylic acids is 1. The van der Waals surface area contributed by atoms with E-state index in [1.807, 2.05) is 54.0 Å². The van der Waals surface area contributed by atoms with E-state index in [0.717, 1.165) is 48.0 Å². The fourth-order valence-electron chi connectivity index (χ4n) is 3.47. The summed E-state index contributed by atoms with van der Waals surface area (Å²) in [7, 11) is 7.60. The van der Waals surface area contributed by atoms with E-state index in [2.05, 4.69) is 24.1 Å². The van der Waals surface area contributed by atoms with E-state index < -0.39 is 0 Å². The molecule has 1 aromatic carbocycles. The Morgan fingerprint density at radius 3 is 2.89 bits per heavy atom. The van der Waals surface area contributed by atoms with Crippen LogP contribution in [0.5, 0.6) is 5.75 Å². The van der Waals surface area contributed by atoms with Crippen LogP contribution in [0.2, 0.25) is 0 Å². The Kier molecular flexibility index (Phi) is 6.44. The fourth-order valence-corrected chi connectivity index (χ4v) is 4.53. The summed E-state index contributed by atoms with van der Waals surface area (Å²) in [5.41, 5.74) is 2.27. The van der Waals surface area contributed by atoms with Crippen LogP contribution < -0.4 is 4.74 Å². The molecule has 7 heteroatoms. The van der Waals surface area contributed by atoms with Gasteiger partial charge >= 0.3 is 0 Å². The number of nitrogens with zero attached hydrogens (tertiary/aromatic N) is 4. The Hall–Kier alpha value is -1.99. The molecule has 1 fully saturated rings. The number of carbonyl (C=O) groups is 1. The van der Waals surface area contributed by atoms with Gasteiger partial charge in [0.15, 0.2) is 0 Å². The molecule has 1 aromatic heterocycles. The number of benzene rings is 1. The molecule has 1 amide bonds. The van der Waals surface area contributed by atoms with E-state index in [4.69, 9.17) is 4.74 Å². The van der Waals surface area contributed by atoms with Gasteiger partial charge in [0.25, 0.3) is 5.91 Å². The predicted molar refractivity (Wildman–Crippen MR) is 111 cm³/mol. The molecular formula is C20H28N4O2S. The molecule has 2 aromatic rings. The van der Waals surface area contributed by atoms with E-state index in [0.29, 0.717) is 5.69 Å². The number of aromatic nitrogens is 2. The van der Waals surface area contributed by atoms with Crippen molar-refractivity contribution in [2.75, 3.05) is 45.8 Å². The highest BCUT2D eigenvalue weighted by atomic mass is 32.2. The van der Waals surface area contributed by atoms with Crippen molar-refractivity contribution in [3.63, 3.8) is 0 Å². The lowest BCUT2D eigenvalue weighted by Gasteiger charge is -2.31. The van der Waals surface area contributed by atoms with Gasteiger partial charge in [0.2, 0.25) is 0 Å². The molecular weight excluding hydrogens is 360 g/mol. The monoisotopic (exact) mass is 388 g/mol. The quantitative estimate of drug-likeness (QED) is 0.788. The fraction of sp³-hybridized carbons (Fsp3) is 0.500. The van der Waals surface area contributed by atoms with Crippen LogP contribution in [-0.4, -0.2) is 77.3 Å². The molecule has 0 bridgehead atoms. The molecule has 1 saturated heterocycles. The molecule has 2 heterocycles. The number of amides is 1. The van der Waals surface area contributed by atoms with Crippen LogP contribution in [-0.2, 0) is 7.05 Å². The second-order valence-corrected chi connectivity index (χ2v) is 8.23. The third kappa shape index (κ3) is 4.47. The average Bonchev–Trinajstić information content (AvgIpc) is 2.89. The van der Waals surface area contributed by atoms with Gasteiger partial charge in [0, 0.05) is 31.5 Å². The lowest BCUT2D eigenvalue weighted by atomic mass is 10.1. The summed E-state index contributed by atoms with van der Waals surface area (Å²) in [6.07, 6.45) is 1.03. The van der Waals surface area contributed by atoms with Gasteiger partial charge in [-0.1, -0.05) is 12.1 Å². The van der Waals surface area contributed by atoms with Gasteiger partial charge in [-0.15, -0.1) is 0 Å². The van der Waals surface area contributed by atoms with Crippen molar-refractivity contribution in [1.82, 2.24) is 19.6 Å². The lowest BCUT2D eigenvalue weighted by molar-refractivity contribution is 0.0664. The summed E-state index contributed by atoms with van der Waals surface area (Å²) in [6.45, 7) is 1.66. The normalized spacial score (nSPS) is 17.8. The Balaban J connectivity index is 1.91. The Bertz CT molecular complexity index is 790. The van der Waals surface area contributed by atoms with Crippen LogP contribution in [0, 0.1) is 0 Å². The topological polar surface area (TPSA) is 50.6 Å². The first-order chi connectivity index (χ1) is 13.0. The Labute approximate surface area is 165 Å². The number of para-hydroxylation sites is 1. The molecule has 0 aliphatic carbocycles. The largest absolute Gasteiger partial charge is 0.496 e. The van der Waals surface area contributed by atoms with Crippen molar-refractivity contribution in [2.24, 2.45) is 7.05 Å². The molecule has 0 N–H and O–H groups in total. The molecule has 1 aliphatic heterocycles. The lowest BCUT2D eigenvalue weighted by Crippen LogP contribution is -2.47. The summed E-state index contributed by atoms with van der Waals surface area (Å²) in [6, 6.07) is 9.85. The Morgan fingerprint density at radius 2 is 2.15 bits per heavy atom. The van der Waals surface area contributed by atoms with Gasteiger partial charge in [0.1, 0.15) is 11.4 Å². The SMILES string of the molecule is COc1ccccc1-c1cc(C(=O)N2CCCSCC2CN(C)C)n(C)n1. The van der Waals surface area contributed by atoms with E-state index in [1.54, 1.807) is 11.8 Å². The van der Waals surface area contributed by atoms with Crippen molar-refractivity contribution >= 4 is 17.7 Å². The highest BCUT2D eigenvalue weighted by molar-refractivity contribution is 7.99. The first kappa shape index (κ1) is 19.8. The summed E-state index contributed by atoms with van der Waals surface area (Å²) in [4.78, 5) is 17.6. The number of methoxy groups -OCH3 is 1. The van der Waals surface area contributed by atoms with Crippen molar-refractivity contribution in [3.05, 3.63) is 36.0 Å². The number of aryl methyl sites for hydroxylation is 1. The summed E-state index contributed by atoms with van der Waals surface area (Å²) in [5.74, 6) is 2.89. The van der Waals surface area contributed by atoms with Gasteiger partial charge in [-0.25, -0.2) is 0 Å². The van der Waals surface area contributed by atoms with E-state index >= 15 is 0 Å². The van der Waals surface area contributed by atoms with Gasteiger partial charge in [0.05, 0.1) is 18.8 Å². The van der Waals surface area contributed by atoms with Crippen molar-refractivity contribution in [1.29, 1.82) is 0 Å². The average molecular weight is 389 g/mol. The minimum atomic E-state index is 0.0560. The molecule has 6 nitrogen and oxygen atoms in total. The zero-order chi connectivity index (χ0) is 19.4. The van der Waals surface area contributed by atoms with Crippen LogP contribution in [0.15, 0.2) is 30.3 Å². The second-order valence-electron chi connectivity index (χ2n) is 7.08. The molecule has 146 valence electrons. The van der Waals surface area contributed by atoms with Crippen molar-refractivity contribution < 1.29 is 9.53 Å². The first-order valence-corrected chi connectivity index (χ1v) is 10.4. The van der Waals surface area contributed by atoms with E-state index in [9.17, 15) is 4.79 Å². The van der Waals surface area contributed by atoms with Gasteiger partial charge in [-0.2, -0.15) is 16.9 Å². The standard InChI is InChI=1S/C20H28N4O2S/c1-22(2)13-15-14-27-11-7-10-24(15)20(25)18-12-17(21-23(18)3)16-8-5-6-9-19(16)26-4/h5-6,8-9,12,15H,7,10-11,13-14H2,1-4H3. The highest BCUT2D eigenvalue weighted by Gasteiger charge is 2.29. The molecule has 1 unspecified atom stereocenters. The number of hydrogen-bond acceptors (Lipinski definition) is 5. The first-order valence-electron chi connectivity index (χ1n) is 9.22. The van der Waals surface area contributed by atoms with Crippen molar-refractivity contribution in [3.8, 4) is 17.0 Å². The molecule has 27 heavy (non-hydrogen) atoms. The van der Waals surface area contributed by atoms with E-state index in [1.165, 1.54) is 0 Å². The highest BCUT2D eigenvalue weighted by Crippen LogP contribution is 2.29. The number of hydrogen-bond donors (Lipinski definition) is 0. The van der Waals surface area contributed by atoms with Crippen LogP contribution >= 0.6 is 11.8 Å². The third-order valence-corrected chi connectivity index (χ3v) is 5.96. The molecule has 0 saturated carbocycles. The summed E-state index contributed by atoms with van der Waals surface area (Å²) in [5, 5.41) is 4.59. The van der Waals surface area contributed by atoms with Crippen LogP contribution in [0.4, 0.5) is 0 Å². The minimum Gasteiger partial charge on any atom is -0.496 e. The zero-order valence-electron chi connectivity index (χ0n) is 16.5. The molecule has 1 aliphatic rings. The Morgan fingerprint density at radius 1 is 1.37 bits per heavy atom. The third-order valence-electron chi connectivity index (χ3n) is 4.76. The van der Waals surface area contributed by atoms with Gasteiger partial charge in [-0.05, 0) is 44.5 Å². The number of thioether (sulfide) groups is 1. The molecule has 0 radical (unpaired) electrons.